The average Bonchev–Trinajstić information content (AvgIpc) is 3.72. The van der Waals surface area contributed by atoms with Crippen LogP contribution in [0.1, 0.15) is 50.3 Å². The van der Waals surface area contributed by atoms with Crippen molar-refractivity contribution in [1.82, 2.24) is 19.8 Å². The van der Waals surface area contributed by atoms with Crippen molar-refractivity contribution in [3.05, 3.63) is 65.3 Å². The zero-order valence-electron chi connectivity index (χ0n) is 25.8. The van der Waals surface area contributed by atoms with E-state index in [0.29, 0.717) is 25.7 Å². The molecule has 2 atom stereocenters. The van der Waals surface area contributed by atoms with E-state index in [4.69, 9.17) is 26.3 Å². The van der Waals surface area contributed by atoms with Crippen molar-refractivity contribution in [3.8, 4) is 6.01 Å². The highest BCUT2D eigenvalue weighted by Gasteiger charge is 2.45. The summed E-state index contributed by atoms with van der Waals surface area (Å²) in [5, 5.41) is 2.97. The van der Waals surface area contributed by atoms with E-state index >= 15 is 0 Å². The lowest BCUT2D eigenvalue weighted by atomic mass is 9.95. The zero-order chi connectivity index (χ0) is 30.4. The van der Waals surface area contributed by atoms with Crippen LogP contribution in [0.25, 0.3) is 10.8 Å². The fraction of sp³-hybridized carbons (Fsp3) is 0.486. The topological polar surface area (TPSA) is 64.8 Å². The van der Waals surface area contributed by atoms with Crippen LogP contribution in [0.15, 0.2) is 49.1 Å². The van der Waals surface area contributed by atoms with Gasteiger partial charge in [0.1, 0.15) is 6.61 Å². The Morgan fingerprint density at radius 3 is 2.70 bits per heavy atom. The van der Waals surface area contributed by atoms with E-state index in [1.807, 2.05) is 17.0 Å². The summed E-state index contributed by atoms with van der Waals surface area (Å²) in [6, 6.07) is 13.1. The third-order valence-electron chi connectivity index (χ3n) is 10.3. The first kappa shape index (κ1) is 29.2. The summed E-state index contributed by atoms with van der Waals surface area (Å²) < 4.78 is 8.67. The molecule has 1 amide bonds. The van der Waals surface area contributed by atoms with E-state index in [0.717, 1.165) is 71.0 Å². The number of amides is 1. The summed E-state index contributed by atoms with van der Waals surface area (Å²) in [7, 11) is 2.07. The van der Waals surface area contributed by atoms with Crippen molar-refractivity contribution < 1.29 is 14.1 Å². The Hall–Kier alpha value is -3.49. The summed E-state index contributed by atoms with van der Waals surface area (Å²) in [5.41, 5.74) is 3.39. The lowest BCUT2D eigenvalue weighted by molar-refractivity contribution is -0.407. The highest BCUT2D eigenvalue weighted by molar-refractivity contribution is 6.36. The molecule has 9 heteroatoms. The molecular formula is C35H42ClN6O2+. The number of halogens is 1. The Balaban J connectivity index is 1.22. The monoisotopic (exact) mass is 613 g/mol. The van der Waals surface area contributed by atoms with Crippen molar-refractivity contribution in [3.63, 3.8) is 0 Å². The molecule has 8 nitrogen and oxygen atoms in total. The molecule has 0 radical (unpaired) electrons. The van der Waals surface area contributed by atoms with Gasteiger partial charge in [0.2, 0.25) is 5.91 Å². The summed E-state index contributed by atoms with van der Waals surface area (Å²) in [6.07, 6.45) is 10.2. The van der Waals surface area contributed by atoms with E-state index in [9.17, 15) is 4.79 Å². The predicted molar refractivity (Wildman–Crippen MR) is 175 cm³/mol. The van der Waals surface area contributed by atoms with Gasteiger partial charge in [-0.1, -0.05) is 42.4 Å². The molecule has 2 aromatic carbocycles. The number of aromatic nitrogens is 2. The van der Waals surface area contributed by atoms with Crippen LogP contribution in [0, 0.1) is 5.92 Å². The number of ether oxygens (including phenoxy) is 1. The Morgan fingerprint density at radius 1 is 1.16 bits per heavy atom. The summed E-state index contributed by atoms with van der Waals surface area (Å²) in [5.74, 6) is 1.12. The highest BCUT2D eigenvalue weighted by Crippen LogP contribution is 2.40. The third-order valence-corrected chi connectivity index (χ3v) is 10.6. The van der Waals surface area contributed by atoms with Gasteiger partial charge in [0.25, 0.3) is 0 Å². The molecule has 4 aliphatic heterocycles. The van der Waals surface area contributed by atoms with Crippen molar-refractivity contribution in [2.24, 2.45) is 5.92 Å². The van der Waals surface area contributed by atoms with Crippen molar-refractivity contribution in [2.75, 3.05) is 44.7 Å². The Labute approximate surface area is 265 Å². The average molecular weight is 614 g/mol. The standard InChI is InChI=1S/C35H42ClN6O2/c1-4-31(43)42-21-25(19-24(42)2)20-39(3)33-27-13-18-40(30-12-6-10-26-9-5-11-28(36)32(26)30)22-29(27)37-34(38-33)44-23-35-14-7-16-41(35)17-8-15-35/h4-6,9-12,20,24-25H,1,7-8,13-19,21-23H2,2-3H3/q+1/b39-20-/t24-,25?/m1/s1. The molecule has 44 heavy (non-hydrogen) atoms. The molecule has 0 saturated carbocycles. The number of carbonyl (C=O) groups is 1. The number of likely N-dealkylation sites (tertiary alicyclic amines) is 1. The van der Waals surface area contributed by atoms with Crippen molar-refractivity contribution in [1.29, 1.82) is 0 Å². The highest BCUT2D eigenvalue weighted by atomic mass is 35.5. The van der Waals surface area contributed by atoms with Gasteiger partial charge in [-0.3, -0.25) is 9.69 Å². The fourth-order valence-corrected chi connectivity index (χ4v) is 8.42. The van der Waals surface area contributed by atoms with Crippen LogP contribution < -0.4 is 9.64 Å². The minimum Gasteiger partial charge on any atom is -0.443 e. The smallest absolute Gasteiger partial charge is 0.434 e. The Morgan fingerprint density at radius 2 is 1.93 bits per heavy atom. The van der Waals surface area contributed by atoms with Gasteiger partial charge >= 0.3 is 11.8 Å². The van der Waals surface area contributed by atoms with Crippen molar-refractivity contribution in [2.45, 2.75) is 63.6 Å². The summed E-state index contributed by atoms with van der Waals surface area (Å²) >= 11 is 6.73. The van der Waals surface area contributed by atoms with Gasteiger partial charge in [-0.2, -0.15) is 4.98 Å². The van der Waals surface area contributed by atoms with Crippen LogP contribution in [-0.2, 0) is 17.8 Å². The molecule has 230 valence electrons. The third kappa shape index (κ3) is 5.26. The maximum absolute atomic E-state index is 12.4. The van der Waals surface area contributed by atoms with Gasteiger partial charge in [-0.05, 0) is 75.7 Å². The van der Waals surface area contributed by atoms with Crippen molar-refractivity contribution >= 4 is 46.0 Å². The van der Waals surface area contributed by atoms with Gasteiger partial charge in [0, 0.05) is 47.5 Å². The van der Waals surface area contributed by atoms with Crippen LogP contribution in [0.4, 0.5) is 11.5 Å². The van der Waals surface area contributed by atoms with E-state index in [2.05, 4.69) is 65.4 Å². The maximum atomic E-state index is 12.4. The minimum atomic E-state index is -0.00738. The van der Waals surface area contributed by atoms with Crippen LogP contribution in [0.5, 0.6) is 6.01 Å². The van der Waals surface area contributed by atoms with Gasteiger partial charge in [-0.25, -0.2) is 4.58 Å². The molecule has 0 bridgehead atoms. The molecule has 3 aromatic rings. The Bertz CT molecular complexity index is 1620. The number of anilines is 1. The molecule has 4 aliphatic rings. The molecule has 0 aliphatic carbocycles. The Kier molecular flexibility index (Phi) is 7.83. The first-order valence-electron chi connectivity index (χ1n) is 16.1. The summed E-state index contributed by atoms with van der Waals surface area (Å²) in [4.78, 5) is 29.4. The molecule has 1 unspecified atom stereocenters. The molecule has 1 aromatic heterocycles. The van der Waals surface area contributed by atoms with Crippen LogP contribution >= 0.6 is 11.6 Å². The van der Waals surface area contributed by atoms with Crippen LogP contribution in [-0.4, -0.2) is 87.9 Å². The number of rotatable bonds is 7. The normalized spacial score (nSPS) is 23.2. The molecule has 7 rings (SSSR count). The minimum absolute atomic E-state index is 0.00738. The molecule has 3 fully saturated rings. The predicted octanol–water partition coefficient (Wildman–Crippen LogP) is 5.62. The number of benzene rings is 2. The molecular weight excluding hydrogens is 572 g/mol. The van der Waals surface area contributed by atoms with E-state index in [1.165, 1.54) is 31.8 Å². The first-order valence-corrected chi connectivity index (χ1v) is 16.4. The maximum Gasteiger partial charge on any atom is 0.434 e. The zero-order valence-corrected chi connectivity index (χ0v) is 26.6. The number of hydrogen-bond acceptors (Lipinski definition) is 6. The number of nitrogens with zero attached hydrogens (tertiary/aromatic N) is 6. The van der Waals surface area contributed by atoms with Gasteiger partial charge < -0.3 is 14.5 Å². The molecule has 5 heterocycles. The van der Waals surface area contributed by atoms with Crippen LogP contribution in [0.3, 0.4) is 0 Å². The molecule has 0 N–H and O–H groups in total. The first-order chi connectivity index (χ1) is 21.3. The SMILES string of the molecule is C=CC(=O)N1CC(/C=[N+](/C)c2nc(OCC34CCCN3CCC4)nc3c2CCN(c2cccc4cccc(Cl)c24)C3)C[C@H]1C. The number of fused-ring (bicyclic) bond motifs is 3. The summed E-state index contributed by atoms with van der Waals surface area (Å²) in [6.45, 7) is 10.9. The van der Waals surface area contributed by atoms with E-state index in [-0.39, 0.29) is 23.4 Å². The van der Waals surface area contributed by atoms with Gasteiger partial charge in [0.15, 0.2) is 0 Å². The number of hydrogen-bond donors (Lipinski definition) is 0. The van der Waals surface area contributed by atoms with E-state index in [1.54, 1.807) is 0 Å². The lowest BCUT2D eigenvalue weighted by Crippen LogP contribution is -2.43. The second-order valence-corrected chi connectivity index (χ2v) is 13.5. The molecule has 3 saturated heterocycles. The fourth-order valence-electron chi connectivity index (χ4n) is 8.14. The van der Waals surface area contributed by atoms with Crippen LogP contribution in [0.2, 0.25) is 5.02 Å². The van der Waals surface area contributed by atoms with E-state index < -0.39 is 0 Å². The second-order valence-electron chi connectivity index (χ2n) is 13.0. The van der Waals surface area contributed by atoms with Gasteiger partial charge in [-0.15, -0.1) is 0 Å². The lowest BCUT2D eigenvalue weighted by Gasteiger charge is -2.32. The quantitative estimate of drug-likeness (QED) is 0.196. The second kappa shape index (κ2) is 11.8. The molecule has 0 spiro atoms. The largest absolute Gasteiger partial charge is 0.443 e. The number of carbonyl (C=O) groups excluding carboxylic acids is 1. The van der Waals surface area contributed by atoms with Gasteiger partial charge in [0.05, 0.1) is 41.6 Å².